The predicted molar refractivity (Wildman–Crippen MR) is 67.2 cm³/mol. The highest BCUT2D eigenvalue weighted by Crippen LogP contribution is 2.37. The second kappa shape index (κ2) is 5.50. The van der Waals surface area contributed by atoms with Gasteiger partial charge in [0, 0.05) is 19.3 Å². The average Bonchev–Trinajstić information content (AvgIpc) is 2.28. The van der Waals surface area contributed by atoms with Crippen LogP contribution in [-0.4, -0.2) is 19.3 Å². The molecule has 1 saturated heterocycles. The second-order valence-electron chi connectivity index (χ2n) is 6.20. The highest BCUT2D eigenvalue weighted by molar-refractivity contribution is 4.86. The molecule has 0 radical (unpaired) electrons. The van der Waals surface area contributed by atoms with Gasteiger partial charge in [-0.1, -0.05) is 13.8 Å². The summed E-state index contributed by atoms with van der Waals surface area (Å²) in [5.41, 5.74) is 6.49. The third-order valence-corrected chi connectivity index (χ3v) is 4.57. The molecule has 1 heterocycles. The first-order chi connectivity index (χ1) is 7.66. The van der Waals surface area contributed by atoms with Gasteiger partial charge in [-0.15, -0.1) is 0 Å². The molecule has 2 heteroatoms. The Hall–Kier alpha value is -0.0800. The van der Waals surface area contributed by atoms with Gasteiger partial charge in [0.25, 0.3) is 0 Å². The Labute approximate surface area is 99.9 Å². The van der Waals surface area contributed by atoms with Gasteiger partial charge in [-0.3, -0.25) is 0 Å². The smallest absolute Gasteiger partial charge is 0.0469 e. The van der Waals surface area contributed by atoms with Gasteiger partial charge >= 0.3 is 0 Å². The van der Waals surface area contributed by atoms with Gasteiger partial charge in [-0.25, -0.2) is 0 Å². The average molecular weight is 225 g/mol. The van der Waals surface area contributed by atoms with Gasteiger partial charge in [0.15, 0.2) is 0 Å². The molecule has 2 fully saturated rings. The Morgan fingerprint density at radius 2 is 1.50 bits per heavy atom. The lowest BCUT2D eigenvalue weighted by molar-refractivity contribution is 0.0424. The Morgan fingerprint density at radius 1 is 0.938 bits per heavy atom. The molecule has 3 unspecified atom stereocenters. The molecule has 3 atom stereocenters. The SMILES string of the molecule is CC1CC(C)CC(C(N)C2CCOCC2)C1. The summed E-state index contributed by atoms with van der Waals surface area (Å²) in [7, 11) is 0. The molecule has 1 saturated carbocycles. The Bertz CT molecular complexity index is 203. The van der Waals surface area contributed by atoms with E-state index in [4.69, 9.17) is 10.5 Å². The normalized spacial score (nSPS) is 39.6. The van der Waals surface area contributed by atoms with E-state index in [1.807, 2.05) is 0 Å². The van der Waals surface area contributed by atoms with E-state index < -0.39 is 0 Å². The summed E-state index contributed by atoms with van der Waals surface area (Å²) < 4.78 is 5.42. The minimum Gasteiger partial charge on any atom is -0.381 e. The van der Waals surface area contributed by atoms with E-state index in [1.54, 1.807) is 0 Å². The zero-order chi connectivity index (χ0) is 11.5. The maximum absolute atomic E-state index is 6.49. The Balaban J connectivity index is 1.89. The van der Waals surface area contributed by atoms with Gasteiger partial charge in [-0.05, 0) is 55.8 Å². The summed E-state index contributed by atoms with van der Waals surface area (Å²) in [6.45, 7) is 6.63. The molecule has 0 aromatic carbocycles. The number of nitrogens with two attached hydrogens (primary N) is 1. The first kappa shape index (κ1) is 12.4. The Kier molecular flexibility index (Phi) is 4.26. The van der Waals surface area contributed by atoms with E-state index in [0.717, 1.165) is 36.9 Å². The monoisotopic (exact) mass is 225 g/mol. The van der Waals surface area contributed by atoms with E-state index >= 15 is 0 Å². The highest BCUT2D eigenvalue weighted by Gasteiger charge is 2.32. The molecule has 0 aromatic rings. The molecule has 2 nitrogen and oxygen atoms in total. The van der Waals surface area contributed by atoms with Crippen molar-refractivity contribution in [2.45, 2.75) is 52.0 Å². The molecule has 1 aliphatic heterocycles. The summed E-state index contributed by atoms with van der Waals surface area (Å²) in [5.74, 6) is 3.23. The van der Waals surface area contributed by atoms with E-state index in [2.05, 4.69) is 13.8 Å². The molecule has 0 spiro atoms. The fraction of sp³-hybridized carbons (Fsp3) is 1.00. The van der Waals surface area contributed by atoms with E-state index in [9.17, 15) is 0 Å². The van der Waals surface area contributed by atoms with Gasteiger partial charge in [-0.2, -0.15) is 0 Å². The maximum Gasteiger partial charge on any atom is 0.0469 e. The van der Waals surface area contributed by atoms with Crippen LogP contribution in [-0.2, 0) is 4.74 Å². The molecule has 2 rings (SSSR count). The van der Waals surface area contributed by atoms with Crippen molar-refractivity contribution in [3.05, 3.63) is 0 Å². The first-order valence-corrected chi connectivity index (χ1v) is 7.00. The van der Waals surface area contributed by atoms with E-state index in [0.29, 0.717) is 6.04 Å². The van der Waals surface area contributed by atoms with E-state index in [1.165, 1.54) is 32.1 Å². The summed E-state index contributed by atoms with van der Waals surface area (Å²) >= 11 is 0. The number of hydrogen-bond donors (Lipinski definition) is 1. The summed E-state index contributed by atoms with van der Waals surface area (Å²) in [6.07, 6.45) is 6.46. The standard InChI is InChI=1S/C14H27NO/c1-10-7-11(2)9-13(8-10)14(15)12-3-5-16-6-4-12/h10-14H,3-9,15H2,1-2H3. The van der Waals surface area contributed by atoms with Crippen LogP contribution in [0, 0.1) is 23.7 Å². The third kappa shape index (κ3) is 2.98. The van der Waals surface area contributed by atoms with Gasteiger partial charge in [0.1, 0.15) is 0 Å². The minimum absolute atomic E-state index is 0.425. The van der Waals surface area contributed by atoms with Crippen molar-refractivity contribution in [3.63, 3.8) is 0 Å². The highest BCUT2D eigenvalue weighted by atomic mass is 16.5. The summed E-state index contributed by atoms with van der Waals surface area (Å²) in [5, 5.41) is 0. The molecule has 2 aliphatic rings. The fourth-order valence-corrected chi connectivity index (χ4v) is 3.81. The summed E-state index contributed by atoms with van der Waals surface area (Å²) in [6, 6.07) is 0.425. The molecular formula is C14H27NO. The predicted octanol–water partition coefficient (Wildman–Crippen LogP) is 2.81. The zero-order valence-corrected chi connectivity index (χ0v) is 10.8. The molecule has 94 valence electrons. The van der Waals surface area contributed by atoms with Crippen molar-refractivity contribution in [3.8, 4) is 0 Å². The van der Waals surface area contributed by atoms with Crippen LogP contribution >= 0.6 is 0 Å². The molecule has 2 N–H and O–H groups in total. The minimum atomic E-state index is 0.425. The van der Waals surface area contributed by atoms with E-state index in [-0.39, 0.29) is 0 Å². The second-order valence-corrected chi connectivity index (χ2v) is 6.20. The van der Waals surface area contributed by atoms with Gasteiger partial charge in [0.05, 0.1) is 0 Å². The fourth-order valence-electron chi connectivity index (χ4n) is 3.81. The molecule has 1 aliphatic carbocycles. The van der Waals surface area contributed by atoms with Crippen molar-refractivity contribution in [1.82, 2.24) is 0 Å². The van der Waals surface area contributed by atoms with Gasteiger partial charge < -0.3 is 10.5 Å². The lowest BCUT2D eigenvalue weighted by Crippen LogP contribution is -2.43. The van der Waals surface area contributed by atoms with Crippen LogP contribution in [0.25, 0.3) is 0 Å². The first-order valence-electron chi connectivity index (χ1n) is 7.00. The number of rotatable bonds is 2. The molecular weight excluding hydrogens is 198 g/mol. The maximum atomic E-state index is 6.49. The van der Waals surface area contributed by atoms with Crippen molar-refractivity contribution in [1.29, 1.82) is 0 Å². The quantitative estimate of drug-likeness (QED) is 0.784. The Morgan fingerprint density at radius 3 is 2.06 bits per heavy atom. The van der Waals surface area contributed by atoms with Crippen LogP contribution in [0.4, 0.5) is 0 Å². The molecule has 0 amide bonds. The lowest BCUT2D eigenvalue weighted by Gasteiger charge is -2.39. The van der Waals surface area contributed by atoms with Crippen LogP contribution in [0.2, 0.25) is 0 Å². The lowest BCUT2D eigenvalue weighted by atomic mass is 9.70. The largest absolute Gasteiger partial charge is 0.381 e. The zero-order valence-electron chi connectivity index (χ0n) is 10.8. The van der Waals surface area contributed by atoms with Crippen molar-refractivity contribution in [2.75, 3.05) is 13.2 Å². The van der Waals surface area contributed by atoms with Crippen LogP contribution in [0.5, 0.6) is 0 Å². The van der Waals surface area contributed by atoms with Crippen LogP contribution in [0.3, 0.4) is 0 Å². The van der Waals surface area contributed by atoms with Gasteiger partial charge in [0.2, 0.25) is 0 Å². The third-order valence-electron chi connectivity index (χ3n) is 4.57. The molecule has 16 heavy (non-hydrogen) atoms. The molecule has 0 bridgehead atoms. The summed E-state index contributed by atoms with van der Waals surface area (Å²) in [4.78, 5) is 0. The van der Waals surface area contributed by atoms with Crippen molar-refractivity contribution < 1.29 is 4.74 Å². The van der Waals surface area contributed by atoms with Crippen LogP contribution in [0.1, 0.15) is 46.0 Å². The number of ether oxygens (including phenoxy) is 1. The number of hydrogen-bond acceptors (Lipinski definition) is 2. The van der Waals surface area contributed by atoms with Crippen LogP contribution in [0.15, 0.2) is 0 Å². The topological polar surface area (TPSA) is 35.2 Å². The molecule has 0 aromatic heterocycles. The van der Waals surface area contributed by atoms with Crippen molar-refractivity contribution >= 4 is 0 Å². The van der Waals surface area contributed by atoms with Crippen LogP contribution < -0.4 is 5.73 Å². The van der Waals surface area contributed by atoms with Crippen molar-refractivity contribution in [2.24, 2.45) is 29.4 Å².